The first-order valence-corrected chi connectivity index (χ1v) is 10.6. The number of benzene rings is 3. The highest BCUT2D eigenvalue weighted by Gasteiger charge is 2.11. The first-order chi connectivity index (χ1) is 14.7. The number of urea groups is 1. The van der Waals surface area contributed by atoms with Crippen molar-refractivity contribution < 1.29 is 9.53 Å². The van der Waals surface area contributed by atoms with Crippen LogP contribution in [0.3, 0.4) is 0 Å². The number of primary amides is 1. The molecule has 5 heteroatoms. The van der Waals surface area contributed by atoms with Crippen LogP contribution in [0.5, 0.6) is 5.75 Å². The van der Waals surface area contributed by atoms with Gasteiger partial charge in [-0.15, -0.1) is 11.6 Å². The van der Waals surface area contributed by atoms with Crippen molar-refractivity contribution in [1.29, 1.82) is 0 Å². The fourth-order valence-electron chi connectivity index (χ4n) is 3.37. The lowest BCUT2D eigenvalue weighted by molar-refractivity contribution is 0.246. The van der Waals surface area contributed by atoms with E-state index in [0.29, 0.717) is 6.61 Å². The maximum Gasteiger partial charge on any atom is 0.312 e. The molecule has 156 valence electrons. The summed E-state index contributed by atoms with van der Waals surface area (Å²) in [6, 6.07) is 25.7. The van der Waals surface area contributed by atoms with E-state index in [4.69, 9.17) is 22.1 Å². The maximum atomic E-state index is 11.1. The number of aryl methyl sites for hydroxylation is 2. The minimum absolute atomic E-state index is 0.271. The van der Waals surface area contributed by atoms with Crippen LogP contribution in [0.25, 0.3) is 0 Å². The SMILES string of the molecule is NC(=O)NC(CCl)c1ccc(CCCc2ccccc2OCc2ccccc2)cc1. The molecule has 3 aromatic rings. The largest absolute Gasteiger partial charge is 0.489 e. The van der Waals surface area contributed by atoms with Crippen LogP contribution in [-0.2, 0) is 19.4 Å². The molecule has 0 radical (unpaired) electrons. The number of halogens is 1. The third kappa shape index (κ3) is 6.53. The highest BCUT2D eigenvalue weighted by Crippen LogP contribution is 2.22. The minimum Gasteiger partial charge on any atom is -0.489 e. The Kier molecular flexibility index (Phi) is 8.16. The van der Waals surface area contributed by atoms with Crippen LogP contribution in [-0.4, -0.2) is 11.9 Å². The van der Waals surface area contributed by atoms with E-state index in [-0.39, 0.29) is 11.9 Å². The van der Waals surface area contributed by atoms with E-state index < -0.39 is 6.03 Å². The second kappa shape index (κ2) is 11.3. The Balaban J connectivity index is 1.53. The van der Waals surface area contributed by atoms with E-state index in [9.17, 15) is 4.79 Å². The average molecular weight is 423 g/mol. The zero-order valence-electron chi connectivity index (χ0n) is 16.9. The normalized spacial score (nSPS) is 11.6. The van der Waals surface area contributed by atoms with Gasteiger partial charge in [0, 0.05) is 5.88 Å². The lowest BCUT2D eigenvalue weighted by atomic mass is 10.0. The van der Waals surface area contributed by atoms with Crippen LogP contribution in [0.1, 0.15) is 34.7 Å². The predicted molar refractivity (Wildman–Crippen MR) is 122 cm³/mol. The molecule has 2 amide bonds. The quantitative estimate of drug-likeness (QED) is 0.430. The fourth-order valence-corrected chi connectivity index (χ4v) is 3.62. The number of carbonyl (C=O) groups excluding carboxylic acids is 1. The number of alkyl halides is 1. The van der Waals surface area contributed by atoms with Crippen molar-refractivity contribution in [1.82, 2.24) is 5.32 Å². The summed E-state index contributed by atoms with van der Waals surface area (Å²) in [5.41, 5.74) is 9.78. The van der Waals surface area contributed by atoms with E-state index in [1.165, 1.54) is 11.1 Å². The van der Waals surface area contributed by atoms with Crippen LogP contribution in [0.2, 0.25) is 0 Å². The minimum atomic E-state index is -0.571. The number of rotatable bonds is 10. The number of nitrogens with one attached hydrogen (secondary N) is 1. The second-order valence-corrected chi connectivity index (χ2v) is 7.50. The number of nitrogens with two attached hydrogens (primary N) is 1. The second-order valence-electron chi connectivity index (χ2n) is 7.19. The maximum absolute atomic E-state index is 11.1. The molecule has 3 rings (SSSR count). The molecule has 0 bridgehead atoms. The van der Waals surface area contributed by atoms with Crippen molar-refractivity contribution in [2.45, 2.75) is 31.9 Å². The molecule has 0 aliphatic carbocycles. The molecule has 0 saturated carbocycles. The van der Waals surface area contributed by atoms with Gasteiger partial charge in [-0.25, -0.2) is 4.79 Å². The molecule has 0 heterocycles. The standard InChI is InChI=1S/C25H27ClN2O2/c26-17-23(28-25(27)29)21-15-13-19(14-16-21)9-6-11-22-10-4-5-12-24(22)30-18-20-7-2-1-3-8-20/h1-5,7-8,10,12-16,23H,6,9,11,17-18H2,(H3,27,28,29). The Hall–Kier alpha value is -2.98. The summed E-state index contributed by atoms with van der Waals surface area (Å²) in [5, 5.41) is 2.65. The Morgan fingerprint density at radius 3 is 2.30 bits per heavy atom. The van der Waals surface area contributed by atoms with Gasteiger partial charge in [-0.3, -0.25) is 0 Å². The van der Waals surface area contributed by atoms with Crippen LogP contribution in [0, 0.1) is 0 Å². The molecule has 3 N–H and O–H groups in total. The number of carbonyl (C=O) groups is 1. The van der Waals surface area contributed by atoms with E-state index in [1.807, 2.05) is 42.5 Å². The summed E-state index contributed by atoms with van der Waals surface area (Å²) in [6.07, 6.45) is 2.92. The number of amides is 2. The van der Waals surface area contributed by atoms with Crippen LogP contribution >= 0.6 is 11.6 Å². The van der Waals surface area contributed by atoms with Gasteiger partial charge in [0.1, 0.15) is 12.4 Å². The Labute approximate surface area is 183 Å². The monoisotopic (exact) mass is 422 g/mol. The lowest BCUT2D eigenvalue weighted by Crippen LogP contribution is -2.34. The summed E-state index contributed by atoms with van der Waals surface area (Å²) in [7, 11) is 0. The molecule has 1 unspecified atom stereocenters. The highest BCUT2D eigenvalue weighted by atomic mass is 35.5. The van der Waals surface area contributed by atoms with Crippen molar-refractivity contribution in [3.63, 3.8) is 0 Å². The van der Waals surface area contributed by atoms with Gasteiger partial charge in [-0.1, -0.05) is 72.8 Å². The van der Waals surface area contributed by atoms with Gasteiger partial charge >= 0.3 is 6.03 Å². The molecular formula is C25H27ClN2O2. The molecule has 0 saturated heterocycles. The topological polar surface area (TPSA) is 64.4 Å². The van der Waals surface area contributed by atoms with Crippen LogP contribution in [0.15, 0.2) is 78.9 Å². The Morgan fingerprint density at radius 2 is 1.60 bits per heavy atom. The summed E-state index contributed by atoms with van der Waals surface area (Å²) in [4.78, 5) is 11.1. The molecule has 4 nitrogen and oxygen atoms in total. The fraction of sp³-hybridized carbons (Fsp3) is 0.240. The Morgan fingerprint density at radius 1 is 0.900 bits per heavy atom. The lowest BCUT2D eigenvalue weighted by Gasteiger charge is -2.15. The van der Waals surface area contributed by atoms with E-state index >= 15 is 0 Å². The number of para-hydroxylation sites is 1. The first-order valence-electron chi connectivity index (χ1n) is 10.1. The van der Waals surface area contributed by atoms with E-state index in [1.54, 1.807) is 0 Å². The molecule has 0 spiro atoms. The number of ether oxygens (including phenoxy) is 1. The molecule has 0 aromatic heterocycles. The van der Waals surface area contributed by atoms with Gasteiger partial charge in [-0.05, 0) is 47.6 Å². The van der Waals surface area contributed by atoms with Gasteiger partial charge in [0.2, 0.25) is 0 Å². The van der Waals surface area contributed by atoms with Crippen molar-refractivity contribution in [3.05, 3.63) is 101 Å². The summed E-state index contributed by atoms with van der Waals surface area (Å²) >= 11 is 5.93. The molecule has 30 heavy (non-hydrogen) atoms. The van der Waals surface area contributed by atoms with E-state index in [0.717, 1.165) is 36.1 Å². The summed E-state index contributed by atoms with van der Waals surface area (Å²) < 4.78 is 6.05. The molecule has 0 aliphatic rings. The van der Waals surface area contributed by atoms with Crippen molar-refractivity contribution in [2.75, 3.05) is 5.88 Å². The van der Waals surface area contributed by atoms with Gasteiger partial charge < -0.3 is 15.8 Å². The molecular weight excluding hydrogens is 396 g/mol. The van der Waals surface area contributed by atoms with Crippen molar-refractivity contribution in [3.8, 4) is 5.75 Å². The van der Waals surface area contributed by atoms with Gasteiger partial charge in [-0.2, -0.15) is 0 Å². The van der Waals surface area contributed by atoms with Gasteiger partial charge in [0.25, 0.3) is 0 Å². The molecule has 0 aliphatic heterocycles. The molecule has 0 fully saturated rings. The zero-order chi connectivity index (χ0) is 21.2. The highest BCUT2D eigenvalue weighted by molar-refractivity contribution is 6.18. The average Bonchev–Trinajstić information content (AvgIpc) is 2.78. The van der Waals surface area contributed by atoms with Gasteiger partial charge in [0.15, 0.2) is 0 Å². The summed E-state index contributed by atoms with van der Waals surface area (Å²) in [6.45, 7) is 0.570. The third-order valence-corrected chi connectivity index (χ3v) is 5.28. The molecule has 1 atom stereocenters. The van der Waals surface area contributed by atoms with Crippen LogP contribution in [0.4, 0.5) is 4.79 Å². The van der Waals surface area contributed by atoms with E-state index in [2.05, 4.69) is 41.7 Å². The van der Waals surface area contributed by atoms with Crippen LogP contribution < -0.4 is 15.8 Å². The zero-order valence-corrected chi connectivity index (χ0v) is 17.6. The Bertz CT molecular complexity index is 929. The third-order valence-electron chi connectivity index (χ3n) is 4.97. The van der Waals surface area contributed by atoms with Crippen molar-refractivity contribution >= 4 is 17.6 Å². The predicted octanol–water partition coefficient (Wildman–Crippen LogP) is 5.39. The number of hydrogen-bond donors (Lipinski definition) is 2. The van der Waals surface area contributed by atoms with Gasteiger partial charge in [0.05, 0.1) is 6.04 Å². The summed E-state index contributed by atoms with van der Waals surface area (Å²) in [5.74, 6) is 1.22. The first kappa shape index (κ1) is 21.7. The molecule has 3 aromatic carbocycles. The number of hydrogen-bond acceptors (Lipinski definition) is 2. The van der Waals surface area contributed by atoms with Crippen molar-refractivity contribution in [2.24, 2.45) is 5.73 Å². The smallest absolute Gasteiger partial charge is 0.312 e.